The molecule has 1 N–H and O–H groups in total. The van der Waals surface area contributed by atoms with Gasteiger partial charge in [-0.25, -0.2) is 9.59 Å². The molecule has 0 atom stereocenters. The van der Waals surface area contributed by atoms with Crippen LogP contribution in [0.1, 0.15) is 65.8 Å². The summed E-state index contributed by atoms with van der Waals surface area (Å²) >= 11 is 0. The molecule has 6 nitrogen and oxygen atoms in total. The average molecular weight is 334 g/mol. The van der Waals surface area contributed by atoms with E-state index in [9.17, 15) is 19.2 Å². The minimum absolute atomic E-state index is 0.00204. The molecular weight excluding hydrogens is 312 g/mol. The van der Waals surface area contributed by atoms with Crippen molar-refractivity contribution in [3.05, 3.63) is 34.9 Å². The summed E-state index contributed by atoms with van der Waals surface area (Å²) in [6, 6.07) is 4.74. The van der Waals surface area contributed by atoms with Crippen LogP contribution >= 0.6 is 0 Å². The van der Waals surface area contributed by atoms with Gasteiger partial charge < -0.3 is 9.84 Å². The van der Waals surface area contributed by atoms with Gasteiger partial charge in [-0.2, -0.15) is 0 Å². The Balaban J connectivity index is 0.000000300. The van der Waals surface area contributed by atoms with E-state index in [0.29, 0.717) is 25.7 Å². The smallest absolute Gasteiger partial charge is 0.338 e. The maximum absolute atomic E-state index is 11.5. The third kappa shape index (κ3) is 5.95. The van der Waals surface area contributed by atoms with Crippen molar-refractivity contribution in [3.8, 4) is 0 Å². The van der Waals surface area contributed by atoms with Crippen LogP contribution in [0.5, 0.6) is 0 Å². The number of carboxylic acids is 1. The highest BCUT2D eigenvalue weighted by Crippen LogP contribution is 2.14. The Morgan fingerprint density at radius 3 is 1.96 bits per heavy atom. The summed E-state index contributed by atoms with van der Waals surface area (Å²) in [4.78, 5) is 43.4. The van der Waals surface area contributed by atoms with E-state index in [4.69, 9.17) is 9.84 Å². The van der Waals surface area contributed by atoms with Crippen molar-refractivity contribution in [2.75, 3.05) is 6.61 Å². The van der Waals surface area contributed by atoms with E-state index in [1.54, 1.807) is 13.0 Å². The quantitative estimate of drug-likeness (QED) is 0.850. The Morgan fingerprint density at radius 1 is 1.00 bits per heavy atom. The lowest BCUT2D eigenvalue weighted by molar-refractivity contribution is -0.128. The number of rotatable bonds is 4. The molecule has 1 aliphatic rings. The topological polar surface area (TPSA) is 97.7 Å². The number of ketones is 2. The molecule has 0 unspecified atom stereocenters. The fourth-order valence-corrected chi connectivity index (χ4v) is 2.18. The van der Waals surface area contributed by atoms with Gasteiger partial charge in [0.1, 0.15) is 11.6 Å². The van der Waals surface area contributed by atoms with Crippen LogP contribution in [0, 0.1) is 0 Å². The number of benzene rings is 1. The van der Waals surface area contributed by atoms with Gasteiger partial charge in [-0.3, -0.25) is 9.59 Å². The maximum atomic E-state index is 11.5. The first kappa shape index (κ1) is 19.5. The fraction of sp³-hybridized carbons (Fsp3) is 0.444. The molecule has 0 spiro atoms. The molecule has 0 heterocycles. The lowest BCUT2D eigenvalue weighted by atomic mass is 9.98. The Kier molecular flexibility index (Phi) is 7.82. The summed E-state index contributed by atoms with van der Waals surface area (Å²) in [7, 11) is 0. The van der Waals surface area contributed by atoms with Crippen LogP contribution in [0.15, 0.2) is 18.2 Å². The summed E-state index contributed by atoms with van der Waals surface area (Å²) in [6.07, 6.45) is 2.67. The molecule has 0 amide bonds. The fourth-order valence-electron chi connectivity index (χ4n) is 2.18. The zero-order chi connectivity index (χ0) is 18.1. The average Bonchev–Trinajstić information content (AvgIpc) is 2.57. The maximum Gasteiger partial charge on any atom is 0.338 e. The highest BCUT2D eigenvalue weighted by Gasteiger charge is 2.17. The molecule has 24 heavy (non-hydrogen) atoms. The number of carbonyl (C=O) groups is 4. The van der Waals surface area contributed by atoms with Crippen molar-refractivity contribution in [2.24, 2.45) is 0 Å². The van der Waals surface area contributed by atoms with E-state index >= 15 is 0 Å². The summed E-state index contributed by atoms with van der Waals surface area (Å²) in [5.74, 6) is -1.23. The molecule has 2 rings (SSSR count). The molecule has 0 aliphatic heterocycles. The van der Waals surface area contributed by atoms with E-state index < -0.39 is 11.9 Å². The Bertz CT molecular complexity index is 604. The Morgan fingerprint density at radius 2 is 1.54 bits per heavy atom. The van der Waals surface area contributed by atoms with Gasteiger partial charge in [-0.15, -0.1) is 0 Å². The summed E-state index contributed by atoms with van der Waals surface area (Å²) in [5.41, 5.74) is 0.981. The molecule has 0 bridgehead atoms. The second-order valence-corrected chi connectivity index (χ2v) is 5.34. The van der Waals surface area contributed by atoms with Crippen LogP contribution in [-0.2, 0) is 20.7 Å². The van der Waals surface area contributed by atoms with Crippen LogP contribution < -0.4 is 0 Å². The Hall–Kier alpha value is -2.50. The normalized spacial score (nSPS) is 13.8. The van der Waals surface area contributed by atoms with Crippen molar-refractivity contribution in [1.29, 1.82) is 0 Å². The van der Waals surface area contributed by atoms with Crippen LogP contribution in [-0.4, -0.2) is 35.2 Å². The predicted molar refractivity (Wildman–Crippen MR) is 87.2 cm³/mol. The van der Waals surface area contributed by atoms with Gasteiger partial charge in [-0.1, -0.05) is 13.0 Å². The second-order valence-electron chi connectivity index (χ2n) is 5.34. The van der Waals surface area contributed by atoms with Crippen LogP contribution in [0.3, 0.4) is 0 Å². The van der Waals surface area contributed by atoms with Gasteiger partial charge in [0.2, 0.25) is 0 Å². The van der Waals surface area contributed by atoms with Crippen LogP contribution in [0.2, 0.25) is 0 Å². The van der Waals surface area contributed by atoms with Crippen molar-refractivity contribution in [3.63, 3.8) is 0 Å². The number of aryl methyl sites for hydroxylation is 1. The molecule has 0 saturated heterocycles. The van der Waals surface area contributed by atoms with Crippen molar-refractivity contribution < 1.29 is 29.0 Å². The monoisotopic (exact) mass is 334 g/mol. The van der Waals surface area contributed by atoms with Gasteiger partial charge in [-0.05, 0) is 31.0 Å². The number of aromatic carboxylic acids is 1. The van der Waals surface area contributed by atoms with E-state index in [-0.39, 0.29) is 29.3 Å². The number of carboxylic acid groups (broad SMARTS) is 1. The van der Waals surface area contributed by atoms with E-state index in [0.717, 1.165) is 12.0 Å². The second kappa shape index (κ2) is 9.60. The molecular formula is C18H22O6. The van der Waals surface area contributed by atoms with Crippen LogP contribution in [0.4, 0.5) is 0 Å². The number of esters is 1. The molecule has 1 aliphatic carbocycles. The first-order valence-electron chi connectivity index (χ1n) is 7.95. The lowest BCUT2D eigenvalue weighted by Crippen LogP contribution is -2.12. The van der Waals surface area contributed by atoms with Crippen molar-refractivity contribution in [2.45, 2.75) is 46.0 Å². The van der Waals surface area contributed by atoms with E-state index in [2.05, 4.69) is 0 Å². The van der Waals surface area contributed by atoms with Gasteiger partial charge in [0.25, 0.3) is 0 Å². The number of hydrogen-bond donors (Lipinski definition) is 1. The third-order valence-corrected chi connectivity index (χ3v) is 3.58. The first-order valence-corrected chi connectivity index (χ1v) is 7.95. The number of carbonyl (C=O) groups excluding carboxylic acids is 3. The largest absolute Gasteiger partial charge is 0.478 e. The molecule has 1 saturated carbocycles. The summed E-state index contributed by atoms with van der Waals surface area (Å²) in [6.45, 7) is 3.83. The standard InChI is InChI=1S/C12H14O4.C6H8O2/c1-3-8-5-6-9(12(15)16-4-2)10(7-8)11(13)14;7-5-1-2-6(8)4-3-5/h5-7H,3-4H2,1-2H3,(H,13,14);1-4H2. The highest BCUT2D eigenvalue weighted by atomic mass is 16.5. The van der Waals surface area contributed by atoms with Gasteiger partial charge >= 0.3 is 11.9 Å². The number of ether oxygens (including phenoxy) is 1. The molecule has 130 valence electrons. The van der Waals surface area contributed by atoms with Gasteiger partial charge in [0, 0.05) is 25.7 Å². The predicted octanol–water partition coefficient (Wildman–Crippen LogP) is 2.82. The number of Topliss-reactive ketones (excluding diaryl/α,β-unsaturated/α-hetero) is 2. The zero-order valence-corrected chi connectivity index (χ0v) is 14.0. The third-order valence-electron chi connectivity index (χ3n) is 3.58. The number of hydrogen-bond acceptors (Lipinski definition) is 5. The van der Waals surface area contributed by atoms with E-state index in [1.165, 1.54) is 12.1 Å². The first-order chi connectivity index (χ1) is 11.4. The van der Waals surface area contributed by atoms with Gasteiger partial charge in [0.15, 0.2) is 0 Å². The van der Waals surface area contributed by atoms with E-state index in [1.807, 2.05) is 6.92 Å². The molecule has 6 heteroatoms. The molecule has 1 aromatic rings. The van der Waals surface area contributed by atoms with Crippen molar-refractivity contribution in [1.82, 2.24) is 0 Å². The zero-order valence-electron chi connectivity index (χ0n) is 14.0. The molecule has 0 aromatic heterocycles. The molecule has 0 radical (unpaired) electrons. The van der Waals surface area contributed by atoms with Gasteiger partial charge in [0.05, 0.1) is 17.7 Å². The van der Waals surface area contributed by atoms with Crippen LogP contribution in [0.25, 0.3) is 0 Å². The highest BCUT2D eigenvalue weighted by molar-refractivity contribution is 6.02. The minimum Gasteiger partial charge on any atom is -0.478 e. The Labute approximate surface area is 140 Å². The summed E-state index contributed by atoms with van der Waals surface area (Å²) < 4.78 is 4.79. The van der Waals surface area contributed by atoms with Crippen molar-refractivity contribution >= 4 is 23.5 Å². The lowest BCUT2D eigenvalue weighted by Gasteiger charge is -2.07. The molecule has 1 fully saturated rings. The minimum atomic E-state index is -1.11. The summed E-state index contributed by atoms with van der Waals surface area (Å²) in [5, 5.41) is 8.99. The molecule has 1 aromatic carbocycles. The SMILES string of the molecule is CCOC(=O)c1ccc(CC)cc1C(=O)O.O=C1CCC(=O)CC1.